The van der Waals surface area contributed by atoms with Crippen molar-refractivity contribution in [1.82, 2.24) is 4.90 Å². The molecule has 4 aliphatic carbocycles. The highest BCUT2D eigenvalue weighted by Crippen LogP contribution is 2.62. The maximum atomic E-state index is 13.6. The van der Waals surface area contributed by atoms with Crippen LogP contribution in [0.3, 0.4) is 0 Å². The fraction of sp³-hybridized carbons (Fsp3) is 0.696. The monoisotopic (exact) mass is 384 g/mol. The Morgan fingerprint density at radius 1 is 1.11 bits per heavy atom. The number of rotatable bonds is 4. The molecule has 4 saturated carbocycles. The third kappa shape index (κ3) is 2.99. The van der Waals surface area contributed by atoms with Gasteiger partial charge in [0, 0.05) is 26.2 Å². The van der Waals surface area contributed by atoms with Crippen LogP contribution in [-0.4, -0.2) is 54.3 Å². The molecule has 5 heteroatoms. The molecule has 1 heterocycles. The van der Waals surface area contributed by atoms with Crippen molar-refractivity contribution >= 4 is 11.6 Å². The highest BCUT2D eigenvalue weighted by molar-refractivity contribution is 5.84. The first-order chi connectivity index (χ1) is 13.5. The molecule has 5 aliphatic rings. The number of nitrogens with zero attached hydrogens (tertiary/aromatic N) is 2. The van der Waals surface area contributed by atoms with E-state index in [2.05, 4.69) is 15.9 Å². The molecule has 5 fully saturated rings. The summed E-state index contributed by atoms with van der Waals surface area (Å²) in [5, 5.41) is 11.0. The summed E-state index contributed by atoms with van der Waals surface area (Å²) in [5.41, 5.74) is 0.267. The summed E-state index contributed by atoms with van der Waals surface area (Å²) in [6.07, 6.45) is 5.75. The van der Waals surface area contributed by atoms with E-state index in [1.54, 1.807) is 0 Å². The van der Waals surface area contributed by atoms with Crippen LogP contribution in [-0.2, 0) is 4.79 Å². The molecule has 0 radical (unpaired) electrons. The Morgan fingerprint density at radius 3 is 2.43 bits per heavy atom. The van der Waals surface area contributed by atoms with E-state index in [0.29, 0.717) is 30.8 Å². The van der Waals surface area contributed by atoms with Crippen LogP contribution in [0.2, 0.25) is 0 Å². The Hall–Kier alpha value is -1.75. The number of ether oxygens (including phenoxy) is 1. The molecule has 0 spiro atoms. The van der Waals surface area contributed by atoms with Gasteiger partial charge >= 0.3 is 0 Å². The largest absolute Gasteiger partial charge is 0.492 e. The molecule has 4 atom stereocenters. The third-order valence-electron chi connectivity index (χ3n) is 7.56. The number of carbonyl (C=O) groups excluding carboxylic acids is 1. The van der Waals surface area contributed by atoms with Gasteiger partial charge in [0.05, 0.1) is 23.3 Å². The predicted molar refractivity (Wildman–Crippen MR) is 108 cm³/mol. The van der Waals surface area contributed by atoms with Crippen LogP contribution in [0.25, 0.3) is 0 Å². The topological polar surface area (TPSA) is 53.0 Å². The van der Waals surface area contributed by atoms with Crippen molar-refractivity contribution in [3.8, 4) is 5.75 Å². The fourth-order valence-corrected chi connectivity index (χ4v) is 6.95. The number of benzene rings is 1. The molecule has 1 saturated heterocycles. The van der Waals surface area contributed by atoms with Gasteiger partial charge in [-0.25, -0.2) is 0 Å². The van der Waals surface area contributed by atoms with Crippen LogP contribution in [0, 0.1) is 17.3 Å². The average Bonchev–Trinajstić information content (AvgIpc) is 2.66. The van der Waals surface area contributed by atoms with E-state index >= 15 is 0 Å². The molecule has 6 rings (SSSR count). The summed E-state index contributed by atoms with van der Waals surface area (Å²) in [4.78, 5) is 18.0. The molecule has 1 amide bonds. The zero-order valence-corrected chi connectivity index (χ0v) is 16.9. The summed E-state index contributed by atoms with van der Waals surface area (Å²) < 4.78 is 5.79. The highest BCUT2D eigenvalue weighted by atomic mass is 16.5. The Bertz CT molecular complexity index is 742. The second kappa shape index (κ2) is 6.65. The number of piperazine rings is 1. The van der Waals surface area contributed by atoms with Crippen LogP contribution in [0.5, 0.6) is 5.75 Å². The molecule has 152 valence electrons. The molecule has 1 N–H and O–H groups in total. The minimum atomic E-state index is -0.571. The Balaban J connectivity index is 1.28. The number of aliphatic hydroxyl groups is 1. The molecule has 1 aromatic carbocycles. The van der Waals surface area contributed by atoms with Gasteiger partial charge in [-0.1, -0.05) is 12.1 Å². The van der Waals surface area contributed by atoms with Crippen LogP contribution in [0.4, 0.5) is 5.69 Å². The number of para-hydroxylation sites is 2. The molecule has 1 aliphatic heterocycles. The van der Waals surface area contributed by atoms with Gasteiger partial charge in [0.2, 0.25) is 5.91 Å². The maximum absolute atomic E-state index is 13.6. The second-order valence-electron chi connectivity index (χ2n) is 9.65. The first-order valence-electron chi connectivity index (χ1n) is 11.0. The maximum Gasteiger partial charge on any atom is 0.229 e. The number of carbonyl (C=O) groups is 1. The van der Waals surface area contributed by atoms with Gasteiger partial charge in [0.25, 0.3) is 0 Å². The minimum Gasteiger partial charge on any atom is -0.492 e. The summed E-state index contributed by atoms with van der Waals surface area (Å²) >= 11 is 0. The molecular weight excluding hydrogens is 352 g/mol. The van der Waals surface area contributed by atoms with Crippen molar-refractivity contribution in [2.75, 3.05) is 37.7 Å². The molecule has 2 unspecified atom stereocenters. The average molecular weight is 385 g/mol. The SMILES string of the molecule is CCOc1ccccc1N1CCN(C(=O)C23C[C@@H]4C[C@@H](CC(O)(C4)C2)C3)CC1. The molecule has 0 aromatic heterocycles. The van der Waals surface area contributed by atoms with Crippen molar-refractivity contribution < 1.29 is 14.6 Å². The Labute approximate surface area is 167 Å². The summed E-state index contributed by atoms with van der Waals surface area (Å²) in [6.45, 7) is 5.85. The normalized spacial score (nSPS) is 36.6. The lowest BCUT2D eigenvalue weighted by atomic mass is 9.47. The fourth-order valence-electron chi connectivity index (χ4n) is 6.95. The zero-order valence-electron chi connectivity index (χ0n) is 16.9. The van der Waals surface area contributed by atoms with Gasteiger partial charge in [-0.15, -0.1) is 0 Å². The Kier molecular flexibility index (Phi) is 4.34. The predicted octanol–water partition coefficient (Wildman–Crippen LogP) is 3.07. The number of anilines is 1. The van der Waals surface area contributed by atoms with Crippen molar-refractivity contribution in [2.24, 2.45) is 17.3 Å². The molecular formula is C23H32N2O3. The van der Waals surface area contributed by atoms with Crippen molar-refractivity contribution in [1.29, 1.82) is 0 Å². The standard InChI is InChI=1S/C23H32N2O3/c1-2-28-20-6-4-3-5-19(20)24-7-9-25(10-8-24)21(26)22-12-17-11-18(13-22)15-23(27,14-17)16-22/h3-6,17-18,27H,2,7-16H2,1H3/t17-,18+,22?,23?. The summed E-state index contributed by atoms with van der Waals surface area (Å²) in [6, 6.07) is 8.18. The highest BCUT2D eigenvalue weighted by Gasteiger charge is 2.60. The number of amides is 1. The van der Waals surface area contributed by atoms with Crippen LogP contribution >= 0.6 is 0 Å². The van der Waals surface area contributed by atoms with Gasteiger partial charge in [0.1, 0.15) is 5.75 Å². The minimum absolute atomic E-state index is 0.287. The molecule has 5 nitrogen and oxygen atoms in total. The molecule has 28 heavy (non-hydrogen) atoms. The van der Waals surface area contributed by atoms with E-state index in [1.165, 1.54) is 6.42 Å². The summed E-state index contributed by atoms with van der Waals surface area (Å²) in [5.74, 6) is 2.34. The van der Waals surface area contributed by atoms with E-state index in [0.717, 1.165) is 63.3 Å². The third-order valence-corrected chi connectivity index (χ3v) is 7.56. The lowest BCUT2D eigenvalue weighted by Crippen LogP contribution is -2.62. The van der Waals surface area contributed by atoms with E-state index < -0.39 is 5.60 Å². The second-order valence-corrected chi connectivity index (χ2v) is 9.65. The van der Waals surface area contributed by atoms with E-state index in [4.69, 9.17) is 4.74 Å². The van der Waals surface area contributed by atoms with E-state index in [-0.39, 0.29) is 5.41 Å². The quantitative estimate of drug-likeness (QED) is 0.867. The first kappa shape index (κ1) is 18.3. The Morgan fingerprint density at radius 2 is 1.79 bits per heavy atom. The lowest BCUT2D eigenvalue weighted by molar-refractivity contribution is -0.186. The number of hydrogen-bond acceptors (Lipinski definition) is 4. The van der Waals surface area contributed by atoms with Crippen molar-refractivity contribution in [3.05, 3.63) is 24.3 Å². The first-order valence-corrected chi connectivity index (χ1v) is 11.0. The van der Waals surface area contributed by atoms with E-state index in [9.17, 15) is 9.90 Å². The molecule has 4 bridgehead atoms. The van der Waals surface area contributed by atoms with Crippen molar-refractivity contribution in [2.45, 2.75) is 51.0 Å². The van der Waals surface area contributed by atoms with Gasteiger partial charge in [-0.2, -0.15) is 0 Å². The summed E-state index contributed by atoms with van der Waals surface area (Å²) in [7, 11) is 0. The van der Waals surface area contributed by atoms with Gasteiger partial charge in [0.15, 0.2) is 0 Å². The lowest BCUT2D eigenvalue weighted by Gasteiger charge is -2.60. The van der Waals surface area contributed by atoms with Crippen LogP contribution in [0.15, 0.2) is 24.3 Å². The van der Waals surface area contributed by atoms with Crippen LogP contribution in [0.1, 0.15) is 45.4 Å². The van der Waals surface area contributed by atoms with Crippen LogP contribution < -0.4 is 9.64 Å². The molecule has 1 aromatic rings. The van der Waals surface area contributed by atoms with Gasteiger partial charge < -0.3 is 19.6 Å². The van der Waals surface area contributed by atoms with Gasteiger partial charge in [-0.05, 0) is 69.4 Å². The smallest absolute Gasteiger partial charge is 0.229 e. The number of hydrogen-bond donors (Lipinski definition) is 1. The van der Waals surface area contributed by atoms with Gasteiger partial charge in [-0.3, -0.25) is 4.79 Å². The zero-order chi connectivity index (χ0) is 19.4. The van der Waals surface area contributed by atoms with E-state index in [1.807, 2.05) is 25.1 Å². The van der Waals surface area contributed by atoms with Crippen molar-refractivity contribution in [3.63, 3.8) is 0 Å².